The Morgan fingerprint density at radius 3 is 2.96 bits per heavy atom. The van der Waals surface area contributed by atoms with Crippen LogP contribution in [0.4, 0.5) is 0 Å². The van der Waals surface area contributed by atoms with Gasteiger partial charge in [-0.15, -0.1) is 11.3 Å². The lowest BCUT2D eigenvalue weighted by atomic mass is 9.97. The minimum absolute atomic E-state index is 0.155. The molecule has 3 aromatic rings. The number of aromatic nitrogens is 2. The highest BCUT2D eigenvalue weighted by Gasteiger charge is 2.20. The number of amides is 1. The zero-order valence-corrected chi connectivity index (χ0v) is 17.1. The van der Waals surface area contributed by atoms with E-state index in [4.69, 9.17) is 23.2 Å². The first-order chi connectivity index (χ1) is 13.5. The van der Waals surface area contributed by atoms with Crippen LogP contribution in [0.1, 0.15) is 28.8 Å². The molecule has 28 heavy (non-hydrogen) atoms. The molecule has 0 atom stereocenters. The second-order valence-corrected chi connectivity index (χ2v) is 8.45. The molecule has 0 radical (unpaired) electrons. The summed E-state index contributed by atoms with van der Waals surface area (Å²) in [7, 11) is 0. The summed E-state index contributed by atoms with van der Waals surface area (Å²) in [5.41, 5.74) is 3.96. The first kappa shape index (κ1) is 19.1. The van der Waals surface area contributed by atoms with E-state index in [-0.39, 0.29) is 12.1 Å². The summed E-state index contributed by atoms with van der Waals surface area (Å²) >= 11 is 13.5. The number of carbonyl (C=O) groups excluding carboxylic acids is 1. The molecule has 6 nitrogen and oxygen atoms in total. The number of halogens is 2. The van der Waals surface area contributed by atoms with Crippen molar-refractivity contribution in [3.05, 3.63) is 60.9 Å². The Kier molecular flexibility index (Phi) is 5.48. The topological polar surface area (TPSA) is 76.3 Å². The highest BCUT2D eigenvalue weighted by Crippen LogP contribution is 2.33. The van der Waals surface area contributed by atoms with Crippen LogP contribution in [-0.4, -0.2) is 21.7 Å². The van der Waals surface area contributed by atoms with Crippen molar-refractivity contribution in [2.45, 2.75) is 32.2 Å². The molecule has 4 rings (SSSR count). The highest BCUT2D eigenvalue weighted by molar-refractivity contribution is 7.18. The number of aryl methyl sites for hydroxylation is 2. The summed E-state index contributed by atoms with van der Waals surface area (Å²) in [5, 5.41) is 5.50. The SMILES string of the molecule is O=C(Cn1cnc2sc3c(c2c1=O)CCCC3)N/N=C/c1ccc(Cl)cc1Cl. The summed E-state index contributed by atoms with van der Waals surface area (Å²) in [6, 6.07) is 4.97. The first-order valence-corrected chi connectivity index (χ1v) is 10.4. The van der Waals surface area contributed by atoms with Gasteiger partial charge in [0.25, 0.3) is 11.5 Å². The first-order valence-electron chi connectivity index (χ1n) is 8.79. The second-order valence-electron chi connectivity index (χ2n) is 6.53. The van der Waals surface area contributed by atoms with Gasteiger partial charge in [-0.2, -0.15) is 5.10 Å². The molecule has 0 spiro atoms. The van der Waals surface area contributed by atoms with Crippen LogP contribution in [0.3, 0.4) is 0 Å². The van der Waals surface area contributed by atoms with Gasteiger partial charge >= 0.3 is 0 Å². The normalized spacial score (nSPS) is 13.8. The molecule has 1 aliphatic rings. The van der Waals surface area contributed by atoms with Gasteiger partial charge in [0, 0.05) is 15.5 Å². The fourth-order valence-corrected chi connectivity index (χ4v) is 4.94. The van der Waals surface area contributed by atoms with Gasteiger partial charge in [0.2, 0.25) is 0 Å². The van der Waals surface area contributed by atoms with Crippen LogP contribution in [0, 0.1) is 0 Å². The van der Waals surface area contributed by atoms with Crippen LogP contribution >= 0.6 is 34.5 Å². The lowest BCUT2D eigenvalue weighted by Gasteiger charge is -2.10. The average Bonchev–Trinajstić information content (AvgIpc) is 3.05. The van der Waals surface area contributed by atoms with Crippen LogP contribution in [0.2, 0.25) is 10.0 Å². The van der Waals surface area contributed by atoms with E-state index in [2.05, 4.69) is 15.5 Å². The van der Waals surface area contributed by atoms with Crippen molar-refractivity contribution < 1.29 is 4.79 Å². The fourth-order valence-electron chi connectivity index (χ4n) is 3.26. The minimum Gasteiger partial charge on any atom is -0.289 e. The molecule has 1 aromatic carbocycles. The van der Waals surface area contributed by atoms with Gasteiger partial charge in [-0.3, -0.25) is 14.2 Å². The Hall–Kier alpha value is -2.22. The number of hydrazone groups is 1. The Labute approximate surface area is 174 Å². The lowest BCUT2D eigenvalue weighted by Crippen LogP contribution is -2.30. The molecule has 0 unspecified atom stereocenters. The van der Waals surface area contributed by atoms with Gasteiger partial charge in [-0.25, -0.2) is 10.4 Å². The monoisotopic (exact) mass is 434 g/mol. The van der Waals surface area contributed by atoms with Crippen LogP contribution in [0.25, 0.3) is 10.2 Å². The van der Waals surface area contributed by atoms with E-state index >= 15 is 0 Å². The third-order valence-corrected chi connectivity index (χ3v) is 6.37. The Morgan fingerprint density at radius 1 is 1.32 bits per heavy atom. The smallest absolute Gasteiger partial charge is 0.262 e. The summed E-state index contributed by atoms with van der Waals surface area (Å²) in [4.78, 5) is 31.4. The van der Waals surface area contributed by atoms with Crippen LogP contribution < -0.4 is 11.0 Å². The second kappa shape index (κ2) is 8.03. The van der Waals surface area contributed by atoms with Crippen molar-refractivity contribution in [2.75, 3.05) is 0 Å². The number of carbonyl (C=O) groups is 1. The molecule has 1 amide bonds. The average molecular weight is 435 g/mol. The minimum atomic E-state index is -0.423. The molecule has 1 N–H and O–H groups in total. The maximum atomic E-state index is 12.9. The number of benzene rings is 1. The van der Waals surface area contributed by atoms with Crippen LogP contribution in [0.5, 0.6) is 0 Å². The number of hydrogen-bond acceptors (Lipinski definition) is 5. The zero-order chi connectivity index (χ0) is 19.7. The van der Waals surface area contributed by atoms with Crippen molar-refractivity contribution in [3.63, 3.8) is 0 Å². The molecular weight excluding hydrogens is 419 g/mol. The molecule has 0 aliphatic heterocycles. The number of rotatable bonds is 4. The summed E-state index contributed by atoms with van der Waals surface area (Å²) < 4.78 is 1.32. The number of nitrogens with zero attached hydrogens (tertiary/aromatic N) is 3. The predicted molar refractivity (Wildman–Crippen MR) is 113 cm³/mol. The van der Waals surface area contributed by atoms with E-state index in [1.165, 1.54) is 22.0 Å². The van der Waals surface area contributed by atoms with Gasteiger partial charge in [-0.1, -0.05) is 29.3 Å². The van der Waals surface area contributed by atoms with Gasteiger partial charge in [0.05, 0.1) is 23.0 Å². The molecule has 0 saturated heterocycles. The van der Waals surface area contributed by atoms with Crippen molar-refractivity contribution >= 4 is 56.9 Å². The van der Waals surface area contributed by atoms with Crippen LogP contribution in [-0.2, 0) is 24.2 Å². The third-order valence-electron chi connectivity index (χ3n) is 4.61. The van der Waals surface area contributed by atoms with E-state index in [0.29, 0.717) is 21.0 Å². The Morgan fingerprint density at radius 2 is 2.14 bits per heavy atom. The van der Waals surface area contributed by atoms with Crippen LogP contribution in [0.15, 0.2) is 34.4 Å². The highest BCUT2D eigenvalue weighted by atomic mass is 35.5. The van der Waals surface area contributed by atoms with E-state index in [1.54, 1.807) is 29.5 Å². The lowest BCUT2D eigenvalue weighted by molar-refractivity contribution is -0.121. The summed E-state index contributed by atoms with van der Waals surface area (Å²) in [6.45, 7) is -0.155. The van der Waals surface area contributed by atoms with E-state index < -0.39 is 5.91 Å². The zero-order valence-electron chi connectivity index (χ0n) is 14.7. The molecule has 144 valence electrons. The van der Waals surface area contributed by atoms with E-state index in [0.717, 1.165) is 36.1 Å². The largest absolute Gasteiger partial charge is 0.289 e. The molecule has 0 saturated carbocycles. The van der Waals surface area contributed by atoms with Crippen molar-refractivity contribution in [1.82, 2.24) is 15.0 Å². The molecular formula is C19H16Cl2N4O2S. The fraction of sp³-hybridized carbons (Fsp3) is 0.263. The molecule has 0 fully saturated rings. The number of hydrogen-bond donors (Lipinski definition) is 1. The maximum Gasteiger partial charge on any atom is 0.262 e. The van der Waals surface area contributed by atoms with Gasteiger partial charge in [0.15, 0.2) is 0 Å². The van der Waals surface area contributed by atoms with Gasteiger partial charge < -0.3 is 0 Å². The van der Waals surface area contributed by atoms with Crippen molar-refractivity contribution in [2.24, 2.45) is 5.10 Å². The predicted octanol–water partition coefficient (Wildman–Crippen LogP) is 3.79. The summed E-state index contributed by atoms with van der Waals surface area (Å²) in [5.74, 6) is -0.423. The van der Waals surface area contributed by atoms with E-state index in [1.807, 2.05) is 0 Å². The quantitative estimate of drug-likeness (QED) is 0.501. The summed E-state index contributed by atoms with van der Waals surface area (Å²) in [6.07, 6.45) is 6.97. The Balaban J connectivity index is 1.50. The maximum absolute atomic E-state index is 12.9. The molecule has 2 aromatic heterocycles. The molecule has 9 heteroatoms. The van der Waals surface area contributed by atoms with Gasteiger partial charge in [0.1, 0.15) is 11.4 Å². The third kappa shape index (κ3) is 3.83. The molecule has 1 aliphatic carbocycles. The number of thiophene rings is 1. The number of nitrogens with one attached hydrogen (secondary N) is 1. The number of fused-ring (bicyclic) bond motifs is 3. The standard InChI is InChI=1S/C19H16Cl2N4O2S/c20-12-6-5-11(14(21)7-12)8-23-24-16(26)9-25-10-22-18-17(19(25)27)13-3-1-2-4-15(13)28-18/h5-8,10H,1-4,9H2,(H,24,26)/b23-8+. The Bertz CT molecular complexity index is 1150. The molecule has 2 heterocycles. The molecule has 0 bridgehead atoms. The van der Waals surface area contributed by atoms with Crippen molar-refractivity contribution in [1.29, 1.82) is 0 Å². The van der Waals surface area contributed by atoms with Crippen molar-refractivity contribution in [3.8, 4) is 0 Å². The van der Waals surface area contributed by atoms with Gasteiger partial charge in [-0.05, 0) is 43.4 Å². The van der Waals surface area contributed by atoms with E-state index in [9.17, 15) is 9.59 Å².